The van der Waals surface area contributed by atoms with Gasteiger partial charge in [0.1, 0.15) is 34.1 Å². The fourth-order valence-corrected chi connectivity index (χ4v) is 10.0. The van der Waals surface area contributed by atoms with Gasteiger partial charge in [-0.1, -0.05) is 53.5 Å². The number of pyridine rings is 1. The molecule has 12 nitrogen and oxygen atoms in total. The number of aromatic amines is 1. The number of piperidine rings is 3. The van der Waals surface area contributed by atoms with E-state index in [2.05, 4.69) is 9.88 Å². The molecule has 3 aromatic carbocycles. The standard InChI is InChI=1S/C41H43Cl2FN4O8S/c1-53-36-14-11-28(20-38(36)54-2)37(21-30-31(42)22-45-23-32(30)43)55-40(49)35-8-5-17-48(35)57(51,52)29-12-9-26(10-13-29)24-47(34-7-4-3-6-33(34)44)41(50)56-39-25-46-18-15-27(39)16-19-46/h3-4,6-7,9-14,20,22-23,27,35,37,39H,5,8,15-19,21,24-25H2,1-2H3/p+1/t35-,37-,39-/m0/s1. The van der Waals surface area contributed by atoms with Crippen LogP contribution in [-0.4, -0.2) is 82.2 Å². The summed E-state index contributed by atoms with van der Waals surface area (Å²) < 4.78 is 67.5. The van der Waals surface area contributed by atoms with Gasteiger partial charge in [0.15, 0.2) is 23.9 Å². The van der Waals surface area contributed by atoms with Gasteiger partial charge in [-0.15, -0.1) is 0 Å². The summed E-state index contributed by atoms with van der Waals surface area (Å²) in [7, 11) is -1.19. The molecule has 0 aliphatic carbocycles. The molecule has 0 radical (unpaired) electrons. The number of para-hydroxylation sites is 1. The number of nitrogens with one attached hydrogen (secondary N) is 1. The lowest BCUT2D eigenvalue weighted by Crippen LogP contribution is -2.53. The average molecular weight is 843 g/mol. The van der Waals surface area contributed by atoms with Gasteiger partial charge in [-0.3, -0.25) is 14.6 Å². The van der Waals surface area contributed by atoms with E-state index in [1.165, 1.54) is 43.4 Å². The molecular formula is C41H44Cl2FN4O8S+. The van der Waals surface area contributed by atoms with E-state index in [1.54, 1.807) is 54.9 Å². The number of esters is 1. The van der Waals surface area contributed by atoms with Crippen LogP contribution in [0.3, 0.4) is 0 Å². The number of methoxy groups -OCH3 is 2. The van der Waals surface area contributed by atoms with Crippen molar-refractivity contribution in [2.75, 3.05) is 45.3 Å². The van der Waals surface area contributed by atoms with Gasteiger partial charge in [0.25, 0.3) is 0 Å². The van der Waals surface area contributed by atoms with Crippen LogP contribution in [0.5, 0.6) is 11.5 Å². The molecular weight excluding hydrogens is 798 g/mol. The van der Waals surface area contributed by atoms with Gasteiger partial charge in [-0.2, -0.15) is 4.31 Å². The van der Waals surface area contributed by atoms with Gasteiger partial charge in [-0.25, -0.2) is 22.6 Å². The molecule has 4 saturated heterocycles. The summed E-state index contributed by atoms with van der Waals surface area (Å²) in [4.78, 5) is 34.0. The van der Waals surface area contributed by atoms with Crippen LogP contribution in [-0.2, 0) is 37.3 Å². The number of rotatable bonds is 13. The van der Waals surface area contributed by atoms with Crippen LogP contribution in [0, 0.1) is 11.7 Å². The summed E-state index contributed by atoms with van der Waals surface area (Å²) in [5, 5.41) is 0.668. The topological polar surface area (TPSA) is 129 Å². The molecule has 2 bridgehead atoms. The zero-order valence-electron chi connectivity index (χ0n) is 31.5. The number of halogens is 3. The van der Waals surface area contributed by atoms with Crippen LogP contribution in [0.15, 0.2) is 84.0 Å². The number of nitrogens with zero attached hydrogens (tertiary/aromatic N) is 3. The molecule has 3 atom stereocenters. The highest BCUT2D eigenvalue weighted by atomic mass is 35.5. The Morgan fingerprint density at radius 2 is 1.63 bits per heavy atom. The summed E-state index contributed by atoms with van der Waals surface area (Å²) in [5.41, 5.74) is 1.69. The maximum atomic E-state index is 15.1. The lowest BCUT2D eigenvalue weighted by Gasteiger charge is -2.44. The van der Waals surface area contributed by atoms with E-state index < -0.39 is 40.0 Å². The van der Waals surface area contributed by atoms with Crippen molar-refractivity contribution in [1.82, 2.24) is 9.21 Å². The zero-order valence-corrected chi connectivity index (χ0v) is 33.9. The van der Waals surface area contributed by atoms with Crippen molar-refractivity contribution in [2.24, 2.45) is 5.92 Å². The largest absolute Gasteiger partial charge is 0.493 e. The highest BCUT2D eigenvalue weighted by Crippen LogP contribution is 2.37. The van der Waals surface area contributed by atoms with E-state index in [4.69, 9.17) is 42.1 Å². The molecule has 0 unspecified atom stereocenters. The second kappa shape index (κ2) is 17.6. The van der Waals surface area contributed by atoms with E-state index in [-0.39, 0.29) is 48.5 Å². The van der Waals surface area contributed by atoms with Gasteiger partial charge >= 0.3 is 12.1 Å². The molecule has 8 rings (SSSR count). The smallest absolute Gasteiger partial charge is 0.415 e. The first-order valence-electron chi connectivity index (χ1n) is 18.8. The lowest BCUT2D eigenvalue weighted by molar-refractivity contribution is -0.377. The molecule has 0 saturated carbocycles. The number of aromatic nitrogens is 1. The van der Waals surface area contributed by atoms with Gasteiger partial charge in [0, 0.05) is 25.1 Å². The third-order valence-corrected chi connectivity index (χ3v) is 13.6. The molecule has 1 amide bonds. The van der Waals surface area contributed by atoms with Gasteiger partial charge < -0.3 is 18.9 Å². The van der Waals surface area contributed by atoms with Crippen LogP contribution in [0.25, 0.3) is 0 Å². The van der Waals surface area contributed by atoms with Crippen LogP contribution in [0.1, 0.15) is 48.5 Å². The normalized spacial score (nSPS) is 21.1. The summed E-state index contributed by atoms with van der Waals surface area (Å²) in [5.74, 6) is -0.180. The number of anilines is 1. The summed E-state index contributed by atoms with van der Waals surface area (Å²) in [6.45, 7) is 2.63. The Labute approximate surface area is 341 Å². The van der Waals surface area contributed by atoms with E-state index in [0.717, 1.165) is 30.2 Å². The first kappa shape index (κ1) is 40.7. The van der Waals surface area contributed by atoms with Gasteiger partial charge in [-0.05, 0) is 92.2 Å². The maximum absolute atomic E-state index is 15.1. The minimum Gasteiger partial charge on any atom is -0.493 e. The molecule has 302 valence electrons. The number of amides is 1. The number of hydrogen-bond donors (Lipinski definition) is 0. The van der Waals surface area contributed by atoms with E-state index >= 15 is 4.39 Å². The van der Waals surface area contributed by atoms with Crippen molar-refractivity contribution >= 4 is 51.0 Å². The van der Waals surface area contributed by atoms with Crippen molar-refractivity contribution < 1.29 is 46.3 Å². The maximum Gasteiger partial charge on any atom is 0.415 e. The highest BCUT2D eigenvalue weighted by Gasteiger charge is 2.42. The van der Waals surface area contributed by atoms with Crippen molar-refractivity contribution in [1.29, 1.82) is 0 Å². The third-order valence-electron chi connectivity index (χ3n) is 11.0. The van der Waals surface area contributed by atoms with Crippen molar-refractivity contribution in [3.8, 4) is 11.5 Å². The van der Waals surface area contributed by atoms with Gasteiger partial charge in [0.05, 0.1) is 31.3 Å². The predicted molar refractivity (Wildman–Crippen MR) is 210 cm³/mol. The molecule has 57 heavy (non-hydrogen) atoms. The van der Waals surface area contributed by atoms with E-state index in [0.29, 0.717) is 51.2 Å². The van der Waals surface area contributed by atoms with Gasteiger partial charge in [0.2, 0.25) is 10.0 Å². The second-order valence-electron chi connectivity index (χ2n) is 14.4. The van der Waals surface area contributed by atoms with Crippen molar-refractivity contribution in [2.45, 2.75) is 61.8 Å². The molecule has 4 aromatic rings. The van der Waals surface area contributed by atoms with Crippen LogP contribution < -0.4 is 19.4 Å². The molecule has 1 aromatic heterocycles. The minimum atomic E-state index is -4.19. The Kier molecular flexibility index (Phi) is 12.6. The quantitative estimate of drug-likeness (QED) is 0.132. The number of fused-ring (bicyclic) bond motifs is 3. The van der Waals surface area contributed by atoms with Crippen LogP contribution >= 0.6 is 23.2 Å². The second-order valence-corrected chi connectivity index (χ2v) is 17.1. The molecule has 4 aliphatic rings. The Morgan fingerprint density at radius 1 is 0.930 bits per heavy atom. The zero-order chi connectivity index (χ0) is 40.3. The SMILES string of the molecule is COc1ccc([C@H](Cc2c(Cl)c[nH+]cc2Cl)OC(=O)[C@@H]2CCCN2S(=O)(=O)c2ccc(CN(C(=O)O[C@H]3CN4CCC3CC4)c3ccccc3F)cc2)cc1OC. The fraction of sp³-hybridized carbons (Fsp3) is 0.390. The molecule has 1 N–H and O–H groups in total. The van der Waals surface area contributed by atoms with Crippen LogP contribution in [0.2, 0.25) is 10.0 Å². The number of hydrogen-bond acceptors (Lipinski definition) is 9. The van der Waals surface area contributed by atoms with E-state index in [9.17, 15) is 18.0 Å². The molecule has 16 heteroatoms. The number of carbonyl (C=O) groups excluding carboxylic acids is 2. The van der Waals surface area contributed by atoms with Crippen LogP contribution in [0.4, 0.5) is 14.9 Å². The van der Waals surface area contributed by atoms with Crippen molar-refractivity contribution in [3.63, 3.8) is 0 Å². The summed E-state index contributed by atoms with van der Waals surface area (Å²) >= 11 is 13.0. The lowest BCUT2D eigenvalue weighted by atomic mass is 9.86. The van der Waals surface area contributed by atoms with Crippen molar-refractivity contribution in [3.05, 3.63) is 112 Å². The minimum absolute atomic E-state index is 0.0474. The number of carbonyl (C=O) groups is 2. The summed E-state index contributed by atoms with van der Waals surface area (Å²) in [6, 6.07) is 15.9. The Balaban J connectivity index is 1.09. The number of benzene rings is 3. The monoisotopic (exact) mass is 841 g/mol. The Hall–Kier alpha value is -4.47. The predicted octanol–water partition coefficient (Wildman–Crippen LogP) is 6.88. The molecule has 0 spiro atoms. The number of sulfonamides is 1. The Morgan fingerprint density at radius 3 is 2.28 bits per heavy atom. The third kappa shape index (κ3) is 8.85. The highest BCUT2D eigenvalue weighted by molar-refractivity contribution is 7.89. The fourth-order valence-electron chi connectivity index (χ4n) is 7.86. The van der Waals surface area contributed by atoms with E-state index in [1.807, 2.05) is 0 Å². The first-order chi connectivity index (χ1) is 27.5. The molecule has 4 aliphatic heterocycles. The summed E-state index contributed by atoms with van der Waals surface area (Å²) in [6.07, 6.45) is 3.90. The molecule has 4 fully saturated rings. The average Bonchev–Trinajstić information content (AvgIpc) is 3.73. The number of ether oxygens (including phenoxy) is 4. The number of H-pyrrole nitrogens is 1. The Bertz CT molecular complexity index is 2190. The first-order valence-corrected chi connectivity index (χ1v) is 21.0. The molecule has 5 heterocycles.